The van der Waals surface area contributed by atoms with E-state index in [0.29, 0.717) is 28.4 Å². The van der Waals surface area contributed by atoms with E-state index in [9.17, 15) is 4.39 Å². The van der Waals surface area contributed by atoms with Gasteiger partial charge < -0.3 is 19.1 Å². The van der Waals surface area contributed by atoms with Crippen molar-refractivity contribution in [2.75, 3.05) is 9.80 Å². The summed E-state index contributed by atoms with van der Waals surface area (Å²) in [6.45, 7) is 28.0. The SMILES string of the molecule is CCc1cccc(CC)c1-c1cc(Oc2[c-]c3c(cc2)c2ccccc2n3-c2cc(C(C)(C)C)ccn2)[c-]c(N2[CH-]N(c3c(-c4cc(C(C)C)cc(C(C)C)c4)cc(C(C)(C)C)cc3-c3c(F)cc(F)cc3F)c3ccccc32)c1.[Pt]. The quantitative estimate of drug-likeness (QED) is 0.114. The van der Waals surface area contributed by atoms with Gasteiger partial charge in [-0.1, -0.05) is 155 Å². The third-order valence-electron chi connectivity index (χ3n) is 15.7. The van der Waals surface area contributed by atoms with Crippen molar-refractivity contribution in [3.05, 3.63) is 221 Å². The monoisotopic (exact) mass is 1260 g/mol. The predicted octanol–water partition coefficient (Wildman–Crippen LogP) is 20.4. The number of fused-ring (bicyclic) bond motifs is 4. The van der Waals surface area contributed by atoms with Crippen LogP contribution in [-0.2, 0) is 44.7 Å². The van der Waals surface area contributed by atoms with Gasteiger partial charge in [0.1, 0.15) is 23.3 Å². The maximum atomic E-state index is 16.7. The number of para-hydroxylation sites is 3. The Balaban J connectivity index is 0.00000736. The van der Waals surface area contributed by atoms with Gasteiger partial charge in [-0.2, -0.15) is 6.07 Å². The Labute approximate surface area is 490 Å². The number of anilines is 4. The Morgan fingerprint density at radius 3 is 1.81 bits per heavy atom. The average molecular weight is 1260 g/mol. The molecule has 8 aromatic carbocycles. The molecular formula is C72H68F3N4OPt-3. The molecule has 0 atom stereocenters. The van der Waals surface area contributed by atoms with Gasteiger partial charge in [0, 0.05) is 84.6 Å². The summed E-state index contributed by atoms with van der Waals surface area (Å²) in [7, 11) is 0. The Bertz CT molecular complexity index is 3960. The summed E-state index contributed by atoms with van der Waals surface area (Å²) in [5, 5.41) is 2.10. The van der Waals surface area contributed by atoms with Crippen molar-refractivity contribution in [3.63, 3.8) is 0 Å². The number of aromatic nitrogens is 2. The Kier molecular flexibility index (Phi) is 15.5. The Morgan fingerprint density at radius 2 is 1.19 bits per heavy atom. The summed E-state index contributed by atoms with van der Waals surface area (Å²) in [6.07, 6.45) is 3.49. The molecule has 0 unspecified atom stereocenters. The first-order valence-electron chi connectivity index (χ1n) is 28.0. The Hall–Kier alpha value is -7.41. The molecular weight excluding hydrogens is 1190 g/mol. The van der Waals surface area contributed by atoms with Gasteiger partial charge in [-0.25, -0.2) is 18.2 Å². The van der Waals surface area contributed by atoms with E-state index in [2.05, 4.69) is 196 Å². The number of pyridine rings is 1. The van der Waals surface area contributed by atoms with E-state index >= 15 is 8.78 Å². The van der Waals surface area contributed by atoms with Gasteiger partial charge in [-0.05, 0) is 128 Å². The molecule has 10 aromatic rings. The van der Waals surface area contributed by atoms with Crippen molar-refractivity contribution in [3.8, 4) is 50.7 Å². The van der Waals surface area contributed by atoms with Crippen LogP contribution < -0.4 is 14.5 Å². The van der Waals surface area contributed by atoms with E-state index in [1.165, 1.54) is 16.7 Å². The normalized spacial score (nSPS) is 12.8. The summed E-state index contributed by atoms with van der Waals surface area (Å²) in [5.74, 6) is -0.808. The molecule has 2 aromatic heterocycles. The van der Waals surface area contributed by atoms with Crippen LogP contribution in [0, 0.1) is 36.3 Å². The van der Waals surface area contributed by atoms with E-state index in [1.807, 2.05) is 60.2 Å². The molecule has 0 amide bonds. The third kappa shape index (κ3) is 10.7. The predicted molar refractivity (Wildman–Crippen MR) is 325 cm³/mol. The van der Waals surface area contributed by atoms with Crippen molar-refractivity contribution in [2.45, 2.75) is 119 Å². The first-order chi connectivity index (χ1) is 38.2. The van der Waals surface area contributed by atoms with E-state index in [0.717, 1.165) is 103 Å². The topological polar surface area (TPSA) is 33.5 Å². The molecule has 0 fully saturated rings. The fourth-order valence-electron chi connectivity index (χ4n) is 11.3. The zero-order valence-electron chi connectivity index (χ0n) is 48.2. The molecule has 0 saturated heterocycles. The molecule has 0 radical (unpaired) electrons. The second kappa shape index (κ2) is 22.2. The number of nitrogens with zero attached hydrogens (tertiary/aromatic N) is 4. The summed E-state index contributed by atoms with van der Waals surface area (Å²) >= 11 is 0. The van der Waals surface area contributed by atoms with Crippen LogP contribution in [0.2, 0.25) is 0 Å². The van der Waals surface area contributed by atoms with Crippen LogP contribution in [0.1, 0.15) is 128 Å². The first kappa shape index (κ1) is 56.8. The van der Waals surface area contributed by atoms with Gasteiger partial charge in [-0.3, -0.25) is 0 Å². The maximum Gasteiger partial charge on any atom is 0.136 e. The summed E-state index contributed by atoms with van der Waals surface area (Å²) in [6, 6.07) is 55.0. The van der Waals surface area contributed by atoms with Crippen molar-refractivity contribution in [1.29, 1.82) is 0 Å². The molecule has 1 aliphatic rings. The van der Waals surface area contributed by atoms with E-state index in [4.69, 9.17) is 9.72 Å². The van der Waals surface area contributed by atoms with Gasteiger partial charge in [-0.15, -0.1) is 53.6 Å². The fourth-order valence-corrected chi connectivity index (χ4v) is 11.3. The largest absolute Gasteiger partial charge is 0.509 e. The number of ether oxygens (including phenoxy) is 1. The third-order valence-corrected chi connectivity index (χ3v) is 15.7. The summed E-state index contributed by atoms with van der Waals surface area (Å²) in [4.78, 5) is 9.03. The number of aryl methyl sites for hydroxylation is 2. The van der Waals surface area contributed by atoms with E-state index in [1.54, 1.807) is 0 Å². The van der Waals surface area contributed by atoms with E-state index < -0.39 is 22.9 Å². The molecule has 81 heavy (non-hydrogen) atoms. The van der Waals surface area contributed by atoms with Gasteiger partial charge in [0.05, 0.1) is 5.56 Å². The second-order valence-corrected chi connectivity index (χ2v) is 23.9. The molecule has 0 spiro atoms. The number of halogens is 3. The van der Waals surface area contributed by atoms with Gasteiger partial charge in [0.2, 0.25) is 0 Å². The maximum absolute atomic E-state index is 16.7. The zero-order chi connectivity index (χ0) is 56.5. The van der Waals surface area contributed by atoms with Crippen LogP contribution in [0.5, 0.6) is 11.5 Å². The van der Waals surface area contributed by atoms with Crippen LogP contribution >= 0.6 is 0 Å². The van der Waals surface area contributed by atoms with Crippen LogP contribution in [0.3, 0.4) is 0 Å². The molecule has 9 heteroatoms. The minimum Gasteiger partial charge on any atom is -0.509 e. The molecule has 11 rings (SSSR count). The molecule has 1 aliphatic heterocycles. The van der Waals surface area contributed by atoms with Crippen LogP contribution in [-0.4, -0.2) is 9.55 Å². The summed E-state index contributed by atoms with van der Waals surface area (Å²) < 4.78 is 57.6. The van der Waals surface area contributed by atoms with Crippen molar-refractivity contribution >= 4 is 44.6 Å². The average Bonchev–Trinajstić information content (AvgIpc) is 4.00. The first-order valence-corrected chi connectivity index (χ1v) is 28.0. The minimum absolute atomic E-state index is 0. The van der Waals surface area contributed by atoms with Crippen molar-refractivity contribution < 1.29 is 39.0 Å². The van der Waals surface area contributed by atoms with Crippen molar-refractivity contribution in [1.82, 2.24) is 9.55 Å². The van der Waals surface area contributed by atoms with Crippen molar-refractivity contribution in [2.24, 2.45) is 0 Å². The van der Waals surface area contributed by atoms with E-state index in [-0.39, 0.29) is 43.9 Å². The van der Waals surface area contributed by atoms with Crippen LogP contribution in [0.25, 0.3) is 61.0 Å². The zero-order valence-corrected chi connectivity index (χ0v) is 50.5. The number of benzene rings is 8. The fraction of sp³-hybridized carbons (Fsp3) is 0.250. The molecule has 0 N–H and O–H groups in total. The molecule has 5 nitrogen and oxygen atoms in total. The molecule has 0 saturated carbocycles. The standard InChI is InChI=1S/C72H68F3N4O.Pt/c1-13-45-20-19-21-46(14-2)68(45)50-33-54(40-56(34-50)80-55-26-27-58-57-22-15-16-23-63(57)79(66(58)41-55)67-37-51(28-29-76-67)71(7,8)9)77-42-78(65-25-18-17-24-64(65)77)70-59(49-31-47(43(3)4)30-48(32-49)44(5)6)35-52(72(10,11)12)36-60(70)69-61(74)38-53(73)39-62(69)75;/h15-39,42-44H,13-14H2,1-12H3;/q-3;. The number of hydrogen-bond donors (Lipinski definition) is 0. The molecule has 0 aliphatic carbocycles. The minimum atomic E-state index is -0.988. The smallest absolute Gasteiger partial charge is 0.136 e. The van der Waals surface area contributed by atoms with Gasteiger partial charge in [0.15, 0.2) is 0 Å². The second-order valence-electron chi connectivity index (χ2n) is 23.9. The Morgan fingerprint density at radius 1 is 0.568 bits per heavy atom. The van der Waals surface area contributed by atoms with Crippen LogP contribution in [0.4, 0.5) is 35.9 Å². The molecule has 0 bridgehead atoms. The molecule has 3 heterocycles. The van der Waals surface area contributed by atoms with Gasteiger partial charge >= 0.3 is 0 Å². The number of hydrogen-bond acceptors (Lipinski definition) is 4. The number of rotatable bonds is 12. The molecule has 416 valence electrons. The summed E-state index contributed by atoms with van der Waals surface area (Å²) in [5.41, 5.74) is 14.6. The van der Waals surface area contributed by atoms with Gasteiger partial charge in [0.25, 0.3) is 0 Å². The van der Waals surface area contributed by atoms with Crippen LogP contribution in [0.15, 0.2) is 152 Å².